The Morgan fingerprint density at radius 1 is 1.09 bits per heavy atom. The van der Waals surface area contributed by atoms with Crippen molar-refractivity contribution in [3.05, 3.63) is 42.4 Å². The third kappa shape index (κ3) is 4.39. The van der Waals surface area contributed by atoms with Crippen LogP contribution >= 0.6 is 0 Å². The van der Waals surface area contributed by atoms with Crippen LogP contribution in [0.3, 0.4) is 0 Å². The molecule has 2 aliphatic rings. The van der Waals surface area contributed by atoms with E-state index < -0.39 is 5.60 Å². The Hall–Kier alpha value is -3.01. The van der Waals surface area contributed by atoms with Crippen molar-refractivity contribution in [2.24, 2.45) is 5.92 Å². The maximum Gasteiger partial charge on any atom is 0.195 e. The Labute approximate surface area is 204 Å². The highest BCUT2D eigenvalue weighted by atomic mass is 16.5. The molecule has 6 rings (SSSR count). The Kier molecular flexibility index (Phi) is 5.70. The van der Waals surface area contributed by atoms with Gasteiger partial charge in [-0.05, 0) is 57.8 Å². The average molecular weight is 477 g/mol. The number of nitrogens with zero attached hydrogens (tertiary/aromatic N) is 6. The van der Waals surface area contributed by atoms with Crippen LogP contribution in [0.1, 0.15) is 32.4 Å². The molecule has 1 N–H and O–H groups in total. The van der Waals surface area contributed by atoms with Crippen LogP contribution in [-0.4, -0.2) is 74.4 Å². The molecule has 2 aliphatic heterocycles. The number of hydrogen-bond donors (Lipinski definition) is 1. The Balaban J connectivity index is 1.35. The highest BCUT2D eigenvalue weighted by molar-refractivity contribution is 5.86. The minimum absolute atomic E-state index is 0.335. The maximum absolute atomic E-state index is 10.4. The van der Waals surface area contributed by atoms with Crippen LogP contribution in [0.4, 0.5) is 5.82 Å². The number of piperidine rings is 1. The number of likely N-dealkylation sites (tertiary alicyclic amines) is 1. The Morgan fingerprint density at radius 3 is 2.66 bits per heavy atom. The highest BCUT2D eigenvalue weighted by Crippen LogP contribution is 2.33. The van der Waals surface area contributed by atoms with Crippen molar-refractivity contribution in [1.29, 1.82) is 0 Å². The van der Waals surface area contributed by atoms with Crippen molar-refractivity contribution in [2.75, 3.05) is 44.3 Å². The fraction of sp³-hybridized carbons (Fsp3) is 0.500. The van der Waals surface area contributed by atoms with Crippen LogP contribution < -0.4 is 4.90 Å². The largest absolute Gasteiger partial charge is 0.454 e. The van der Waals surface area contributed by atoms with Crippen LogP contribution in [-0.2, 0) is 11.3 Å². The molecule has 35 heavy (non-hydrogen) atoms. The molecular weight excluding hydrogens is 444 g/mol. The van der Waals surface area contributed by atoms with E-state index in [1.54, 1.807) is 6.20 Å². The Morgan fingerprint density at radius 2 is 1.89 bits per heavy atom. The van der Waals surface area contributed by atoms with Crippen LogP contribution in [0.2, 0.25) is 0 Å². The number of aromatic nitrogens is 4. The van der Waals surface area contributed by atoms with Gasteiger partial charge in [0, 0.05) is 31.5 Å². The summed E-state index contributed by atoms with van der Waals surface area (Å²) in [5.74, 6) is 2.70. The Bertz CT molecular complexity index is 1330. The number of imidazole rings is 1. The van der Waals surface area contributed by atoms with Crippen LogP contribution in [0.15, 0.2) is 41.1 Å². The summed E-state index contributed by atoms with van der Waals surface area (Å²) in [6.45, 7) is 9.32. The highest BCUT2D eigenvalue weighted by Gasteiger charge is 2.31. The number of hydrogen-bond acceptors (Lipinski definition) is 8. The van der Waals surface area contributed by atoms with Crippen molar-refractivity contribution in [3.63, 3.8) is 0 Å². The van der Waals surface area contributed by atoms with Gasteiger partial charge in [-0.25, -0.2) is 15.0 Å². The van der Waals surface area contributed by atoms with Gasteiger partial charge in [0.25, 0.3) is 0 Å². The lowest BCUT2D eigenvalue weighted by molar-refractivity contribution is -0.0142. The summed E-state index contributed by atoms with van der Waals surface area (Å²) in [5, 5.41) is 10.4. The summed E-state index contributed by atoms with van der Waals surface area (Å²) in [5.41, 5.74) is 2.68. The van der Waals surface area contributed by atoms with E-state index in [1.165, 1.54) is 0 Å². The predicted molar refractivity (Wildman–Crippen MR) is 133 cm³/mol. The molecule has 184 valence electrons. The standard InChI is InChI=1S/C26H32N6O3/c1-26(2,33)18-6-9-30(10-7-18)17-19-16-20-23(35-19)25(31-12-14-34-15-13-31)29-24(28-20)21-4-3-5-22-27-8-11-32(21)22/h3-5,8,11,16,18,33H,6-7,9-10,12-15,17H2,1-2H3. The summed E-state index contributed by atoms with van der Waals surface area (Å²) in [6.07, 6.45) is 5.70. The van der Waals surface area contributed by atoms with Crippen LogP contribution in [0.5, 0.6) is 0 Å². The van der Waals surface area contributed by atoms with Gasteiger partial charge in [0.15, 0.2) is 17.2 Å². The summed E-state index contributed by atoms with van der Waals surface area (Å²) in [4.78, 5) is 19.0. The molecule has 0 atom stereocenters. The fourth-order valence-corrected chi connectivity index (χ4v) is 5.29. The molecule has 0 aliphatic carbocycles. The van der Waals surface area contributed by atoms with Crippen LogP contribution in [0, 0.1) is 5.92 Å². The molecule has 4 aromatic heterocycles. The molecule has 0 radical (unpaired) electrons. The number of aliphatic hydroxyl groups is 1. The van der Waals surface area contributed by atoms with E-state index in [-0.39, 0.29) is 0 Å². The maximum atomic E-state index is 10.4. The summed E-state index contributed by atoms with van der Waals surface area (Å²) in [6, 6.07) is 8.03. The topological polar surface area (TPSA) is 92.2 Å². The van der Waals surface area contributed by atoms with Gasteiger partial charge >= 0.3 is 0 Å². The molecule has 0 spiro atoms. The normalized spacial score (nSPS) is 18.7. The quantitative estimate of drug-likeness (QED) is 0.469. The first-order valence-electron chi connectivity index (χ1n) is 12.5. The van der Waals surface area contributed by atoms with Gasteiger partial charge in [-0.1, -0.05) is 6.07 Å². The number of ether oxygens (including phenoxy) is 1. The summed E-state index contributed by atoms with van der Waals surface area (Å²) < 4.78 is 14.0. The number of anilines is 1. The molecule has 4 aromatic rings. The first-order chi connectivity index (χ1) is 17.0. The lowest BCUT2D eigenvalue weighted by Gasteiger charge is -2.37. The SMILES string of the molecule is CC(C)(O)C1CCN(Cc2cc3nc(-c4cccc5nccn45)nc(N4CCOCC4)c3o2)CC1. The number of rotatable bonds is 5. The number of fused-ring (bicyclic) bond motifs is 2. The molecule has 6 heterocycles. The first kappa shape index (κ1) is 22.5. The van der Waals surface area contributed by atoms with Gasteiger partial charge in [-0.15, -0.1) is 0 Å². The second kappa shape index (κ2) is 8.89. The molecule has 2 saturated heterocycles. The zero-order valence-corrected chi connectivity index (χ0v) is 20.4. The zero-order chi connectivity index (χ0) is 24.0. The van der Waals surface area contributed by atoms with E-state index in [0.717, 1.165) is 79.6 Å². The van der Waals surface area contributed by atoms with Gasteiger partial charge in [-0.2, -0.15) is 0 Å². The fourth-order valence-electron chi connectivity index (χ4n) is 5.29. The van der Waals surface area contributed by atoms with E-state index in [9.17, 15) is 5.11 Å². The third-order valence-corrected chi connectivity index (χ3v) is 7.34. The minimum atomic E-state index is -0.622. The molecule has 0 aromatic carbocycles. The first-order valence-corrected chi connectivity index (χ1v) is 12.5. The molecule has 9 heteroatoms. The van der Waals surface area contributed by atoms with Gasteiger partial charge in [0.2, 0.25) is 0 Å². The molecule has 0 unspecified atom stereocenters. The van der Waals surface area contributed by atoms with Crippen LogP contribution in [0.25, 0.3) is 28.3 Å². The lowest BCUT2D eigenvalue weighted by atomic mass is 9.83. The number of furan rings is 1. The molecule has 0 saturated carbocycles. The molecule has 2 fully saturated rings. The van der Waals surface area contributed by atoms with Gasteiger partial charge in [0.05, 0.1) is 31.1 Å². The minimum Gasteiger partial charge on any atom is -0.454 e. The van der Waals surface area contributed by atoms with Crippen molar-refractivity contribution < 1.29 is 14.3 Å². The smallest absolute Gasteiger partial charge is 0.195 e. The van der Waals surface area contributed by atoms with Gasteiger partial charge in [-0.3, -0.25) is 9.30 Å². The van der Waals surface area contributed by atoms with Crippen molar-refractivity contribution in [2.45, 2.75) is 38.8 Å². The molecular formula is C26H32N6O3. The lowest BCUT2D eigenvalue weighted by Crippen LogP contribution is -2.41. The molecule has 9 nitrogen and oxygen atoms in total. The zero-order valence-electron chi connectivity index (χ0n) is 20.4. The van der Waals surface area contributed by atoms with E-state index in [0.29, 0.717) is 25.0 Å². The van der Waals surface area contributed by atoms with Gasteiger partial charge < -0.3 is 19.2 Å². The second-order valence-corrected chi connectivity index (χ2v) is 10.2. The number of morpholine rings is 1. The van der Waals surface area contributed by atoms with E-state index >= 15 is 0 Å². The van der Waals surface area contributed by atoms with Crippen molar-refractivity contribution >= 4 is 22.6 Å². The van der Waals surface area contributed by atoms with E-state index in [1.807, 2.05) is 42.6 Å². The summed E-state index contributed by atoms with van der Waals surface area (Å²) in [7, 11) is 0. The second-order valence-electron chi connectivity index (χ2n) is 10.2. The van der Waals surface area contributed by atoms with E-state index in [2.05, 4.69) is 20.9 Å². The van der Waals surface area contributed by atoms with Gasteiger partial charge in [0.1, 0.15) is 16.9 Å². The average Bonchev–Trinajstić information content (AvgIpc) is 3.50. The van der Waals surface area contributed by atoms with Crippen molar-refractivity contribution in [1.82, 2.24) is 24.3 Å². The number of pyridine rings is 1. The third-order valence-electron chi connectivity index (χ3n) is 7.34. The predicted octanol–water partition coefficient (Wildman–Crippen LogP) is 3.36. The van der Waals surface area contributed by atoms with E-state index in [4.69, 9.17) is 19.1 Å². The van der Waals surface area contributed by atoms with Crippen molar-refractivity contribution in [3.8, 4) is 11.5 Å². The molecule has 0 bridgehead atoms. The molecule has 0 amide bonds. The monoisotopic (exact) mass is 476 g/mol. The summed E-state index contributed by atoms with van der Waals surface area (Å²) >= 11 is 0.